The SMILES string of the molecule is CC1(C)CCC(CNc2cnn(-c3ccc(C4CCCC4)cc3)c(=O)c2Cl)CO1. The number of hydrogen-bond acceptors (Lipinski definition) is 4. The molecule has 2 fully saturated rings. The van der Waals surface area contributed by atoms with Gasteiger partial charge < -0.3 is 10.1 Å². The van der Waals surface area contributed by atoms with Crippen LogP contribution in [0, 0.1) is 5.92 Å². The molecule has 0 bridgehead atoms. The largest absolute Gasteiger partial charge is 0.382 e. The van der Waals surface area contributed by atoms with Crippen LogP contribution in [0.1, 0.15) is 63.9 Å². The smallest absolute Gasteiger partial charge is 0.292 e. The Morgan fingerprint density at radius 3 is 2.59 bits per heavy atom. The van der Waals surface area contributed by atoms with Crippen LogP contribution < -0.4 is 10.9 Å². The Balaban J connectivity index is 1.44. The van der Waals surface area contributed by atoms with E-state index in [0.717, 1.165) is 31.7 Å². The fraction of sp³-hybridized carbons (Fsp3) is 0.565. The average molecular weight is 416 g/mol. The van der Waals surface area contributed by atoms with Gasteiger partial charge in [0.25, 0.3) is 5.56 Å². The molecule has 1 aliphatic carbocycles. The van der Waals surface area contributed by atoms with Gasteiger partial charge >= 0.3 is 0 Å². The molecule has 1 N–H and O–H groups in total. The van der Waals surface area contributed by atoms with Crippen LogP contribution in [0.2, 0.25) is 5.02 Å². The molecule has 1 atom stereocenters. The maximum atomic E-state index is 12.8. The quantitative estimate of drug-likeness (QED) is 0.732. The highest BCUT2D eigenvalue weighted by Crippen LogP contribution is 2.34. The van der Waals surface area contributed by atoms with Gasteiger partial charge in [-0.2, -0.15) is 9.78 Å². The Labute approximate surface area is 177 Å². The number of halogens is 1. The molecule has 156 valence electrons. The molecule has 4 rings (SSSR count). The van der Waals surface area contributed by atoms with Crippen LogP contribution in [0.15, 0.2) is 35.3 Å². The number of benzene rings is 1. The van der Waals surface area contributed by atoms with Gasteiger partial charge in [-0.15, -0.1) is 0 Å². The van der Waals surface area contributed by atoms with E-state index in [2.05, 4.69) is 36.4 Å². The summed E-state index contributed by atoms with van der Waals surface area (Å²) in [6, 6.07) is 8.16. The minimum Gasteiger partial charge on any atom is -0.382 e. The Bertz CT molecular complexity index is 891. The zero-order valence-electron chi connectivity index (χ0n) is 17.3. The van der Waals surface area contributed by atoms with Gasteiger partial charge in [-0.3, -0.25) is 4.79 Å². The van der Waals surface area contributed by atoms with Crippen LogP contribution in [0.25, 0.3) is 5.69 Å². The molecule has 1 saturated carbocycles. The molecule has 0 radical (unpaired) electrons. The summed E-state index contributed by atoms with van der Waals surface area (Å²) in [5.74, 6) is 1.06. The topological polar surface area (TPSA) is 56.2 Å². The second-order valence-electron chi connectivity index (χ2n) is 9.02. The summed E-state index contributed by atoms with van der Waals surface area (Å²) in [4.78, 5) is 12.8. The van der Waals surface area contributed by atoms with E-state index >= 15 is 0 Å². The average Bonchev–Trinajstić information content (AvgIpc) is 3.25. The Hall–Kier alpha value is -1.85. The van der Waals surface area contributed by atoms with Gasteiger partial charge in [-0.05, 0) is 69.1 Å². The summed E-state index contributed by atoms with van der Waals surface area (Å²) in [5, 5.41) is 7.81. The molecular formula is C23H30ClN3O2. The number of nitrogens with one attached hydrogen (secondary N) is 1. The van der Waals surface area contributed by atoms with Crippen molar-refractivity contribution in [1.82, 2.24) is 9.78 Å². The van der Waals surface area contributed by atoms with Gasteiger partial charge in [0.05, 0.1) is 29.8 Å². The standard InChI is InChI=1S/C23H30ClN3O2/c1-23(2)12-11-16(15-29-23)13-25-20-14-26-27(22(28)21(20)24)19-9-7-18(8-10-19)17-5-3-4-6-17/h7-10,14,16-17,25H,3-6,11-13,15H2,1-2H3. The summed E-state index contributed by atoms with van der Waals surface area (Å²) in [6.07, 6.45) is 8.90. The van der Waals surface area contributed by atoms with Gasteiger partial charge in [-0.25, -0.2) is 0 Å². The van der Waals surface area contributed by atoms with E-state index < -0.39 is 0 Å². The van der Waals surface area contributed by atoms with Crippen molar-refractivity contribution in [2.24, 2.45) is 5.92 Å². The molecule has 2 aromatic rings. The Kier molecular flexibility index (Phi) is 5.98. The van der Waals surface area contributed by atoms with Crippen LogP contribution in [0.5, 0.6) is 0 Å². The van der Waals surface area contributed by atoms with Crippen molar-refractivity contribution in [3.05, 3.63) is 51.4 Å². The second kappa shape index (κ2) is 8.49. The van der Waals surface area contributed by atoms with Gasteiger partial charge in [0.15, 0.2) is 0 Å². The molecule has 0 amide bonds. The molecule has 1 unspecified atom stereocenters. The van der Waals surface area contributed by atoms with Crippen LogP contribution in [0.4, 0.5) is 5.69 Å². The van der Waals surface area contributed by atoms with E-state index in [4.69, 9.17) is 16.3 Å². The lowest BCUT2D eigenvalue weighted by Crippen LogP contribution is -2.36. The minimum atomic E-state index is -0.300. The zero-order chi connectivity index (χ0) is 20.4. The Morgan fingerprint density at radius 1 is 1.21 bits per heavy atom. The van der Waals surface area contributed by atoms with E-state index in [1.807, 2.05) is 12.1 Å². The van der Waals surface area contributed by atoms with Crippen molar-refractivity contribution < 1.29 is 4.74 Å². The normalized spacial score (nSPS) is 22.0. The van der Waals surface area contributed by atoms with Crippen molar-refractivity contribution >= 4 is 17.3 Å². The summed E-state index contributed by atoms with van der Waals surface area (Å²) in [5.41, 5.74) is 2.34. The number of rotatable bonds is 5. The van der Waals surface area contributed by atoms with Crippen LogP contribution in [-0.2, 0) is 4.74 Å². The van der Waals surface area contributed by atoms with E-state index in [1.165, 1.54) is 35.9 Å². The van der Waals surface area contributed by atoms with E-state index in [9.17, 15) is 4.79 Å². The van der Waals surface area contributed by atoms with Gasteiger partial charge in [0.1, 0.15) is 5.02 Å². The lowest BCUT2D eigenvalue weighted by molar-refractivity contribution is -0.0737. The number of aromatic nitrogens is 2. The van der Waals surface area contributed by atoms with E-state index in [-0.39, 0.29) is 16.2 Å². The molecule has 6 heteroatoms. The first-order chi connectivity index (χ1) is 13.9. The van der Waals surface area contributed by atoms with Crippen LogP contribution >= 0.6 is 11.6 Å². The van der Waals surface area contributed by atoms with Crippen LogP contribution in [-0.4, -0.2) is 28.5 Å². The van der Waals surface area contributed by atoms with Crippen LogP contribution in [0.3, 0.4) is 0 Å². The third-order valence-corrected chi connectivity index (χ3v) is 6.69. The maximum absolute atomic E-state index is 12.8. The fourth-order valence-electron chi connectivity index (χ4n) is 4.35. The first kappa shape index (κ1) is 20.4. The second-order valence-corrected chi connectivity index (χ2v) is 9.40. The third kappa shape index (κ3) is 4.67. The summed E-state index contributed by atoms with van der Waals surface area (Å²) >= 11 is 6.38. The summed E-state index contributed by atoms with van der Waals surface area (Å²) in [7, 11) is 0. The monoisotopic (exact) mass is 415 g/mol. The fourth-order valence-corrected chi connectivity index (χ4v) is 4.55. The Morgan fingerprint density at radius 2 is 1.93 bits per heavy atom. The highest BCUT2D eigenvalue weighted by atomic mass is 35.5. The summed E-state index contributed by atoms with van der Waals surface area (Å²) < 4.78 is 7.26. The lowest BCUT2D eigenvalue weighted by Gasteiger charge is -2.35. The third-order valence-electron chi connectivity index (χ3n) is 6.33. The molecular weight excluding hydrogens is 386 g/mol. The number of ether oxygens (including phenoxy) is 1. The van der Waals surface area contributed by atoms with Crippen molar-refractivity contribution in [1.29, 1.82) is 0 Å². The predicted octanol–water partition coefficient (Wildman–Crippen LogP) is 5.16. The molecule has 29 heavy (non-hydrogen) atoms. The predicted molar refractivity (Wildman–Crippen MR) is 117 cm³/mol. The molecule has 1 aromatic carbocycles. The molecule has 2 aliphatic rings. The van der Waals surface area contributed by atoms with Crippen molar-refractivity contribution in [2.75, 3.05) is 18.5 Å². The van der Waals surface area contributed by atoms with Gasteiger partial charge in [-0.1, -0.05) is 36.6 Å². The molecule has 5 nitrogen and oxygen atoms in total. The van der Waals surface area contributed by atoms with Crippen molar-refractivity contribution in [3.8, 4) is 5.69 Å². The van der Waals surface area contributed by atoms with E-state index in [1.54, 1.807) is 6.20 Å². The molecule has 0 spiro atoms. The highest BCUT2D eigenvalue weighted by molar-refractivity contribution is 6.32. The lowest BCUT2D eigenvalue weighted by atomic mass is 9.91. The molecule has 1 aromatic heterocycles. The molecule has 2 heterocycles. The van der Waals surface area contributed by atoms with E-state index in [0.29, 0.717) is 17.5 Å². The molecule has 1 aliphatic heterocycles. The minimum absolute atomic E-state index is 0.0382. The number of hydrogen-bond donors (Lipinski definition) is 1. The zero-order valence-corrected chi connectivity index (χ0v) is 18.0. The van der Waals surface area contributed by atoms with Crippen molar-refractivity contribution in [3.63, 3.8) is 0 Å². The number of anilines is 1. The highest BCUT2D eigenvalue weighted by Gasteiger charge is 2.27. The summed E-state index contributed by atoms with van der Waals surface area (Å²) in [6.45, 7) is 5.68. The maximum Gasteiger partial charge on any atom is 0.292 e. The first-order valence-electron chi connectivity index (χ1n) is 10.7. The number of nitrogens with zero attached hydrogens (tertiary/aromatic N) is 2. The van der Waals surface area contributed by atoms with Gasteiger partial charge in [0.2, 0.25) is 0 Å². The van der Waals surface area contributed by atoms with Gasteiger partial charge in [0, 0.05) is 6.54 Å². The molecule has 1 saturated heterocycles. The van der Waals surface area contributed by atoms with Crippen molar-refractivity contribution in [2.45, 2.75) is 63.9 Å². The first-order valence-corrected chi connectivity index (χ1v) is 11.1.